The summed E-state index contributed by atoms with van der Waals surface area (Å²) < 4.78 is 4.96. The molecule has 0 bridgehead atoms. The number of ether oxygens (including phenoxy) is 1. The van der Waals surface area contributed by atoms with Gasteiger partial charge < -0.3 is 14.9 Å². The maximum Gasteiger partial charge on any atom is 0.303 e. The fourth-order valence-corrected chi connectivity index (χ4v) is 3.30. The van der Waals surface area contributed by atoms with Gasteiger partial charge >= 0.3 is 5.97 Å². The number of carbonyl (C=O) groups is 2. The highest BCUT2D eigenvalue weighted by Gasteiger charge is 2.52. The van der Waals surface area contributed by atoms with Gasteiger partial charge in [0.05, 0.1) is 6.10 Å². The number of carbonyl (C=O) groups excluding carboxylic acids is 2. The predicted molar refractivity (Wildman–Crippen MR) is 97.1 cm³/mol. The van der Waals surface area contributed by atoms with Crippen LogP contribution in [0.25, 0.3) is 0 Å². The van der Waals surface area contributed by atoms with Gasteiger partial charge in [-0.05, 0) is 18.6 Å². The molecule has 0 aromatic rings. The van der Waals surface area contributed by atoms with E-state index >= 15 is 0 Å². The van der Waals surface area contributed by atoms with Crippen molar-refractivity contribution in [1.82, 2.24) is 0 Å². The van der Waals surface area contributed by atoms with Crippen LogP contribution < -0.4 is 0 Å². The third kappa shape index (κ3) is 6.90. The number of aliphatic hydroxyl groups excluding tert-OH is 1. The summed E-state index contributed by atoms with van der Waals surface area (Å²) in [6.07, 6.45) is 12.2. The molecule has 25 heavy (non-hydrogen) atoms. The van der Waals surface area contributed by atoms with E-state index in [0.717, 1.165) is 19.3 Å². The van der Waals surface area contributed by atoms with Crippen LogP contribution in [0.15, 0.2) is 12.2 Å². The molecule has 0 saturated heterocycles. The monoisotopic (exact) mass is 354 g/mol. The van der Waals surface area contributed by atoms with E-state index in [0.29, 0.717) is 6.42 Å². The van der Waals surface area contributed by atoms with Crippen LogP contribution in [-0.4, -0.2) is 39.8 Å². The van der Waals surface area contributed by atoms with Crippen LogP contribution in [0.2, 0.25) is 0 Å². The van der Waals surface area contributed by atoms with E-state index in [-0.39, 0.29) is 0 Å². The number of hydrogen-bond donors (Lipinski definition) is 2. The van der Waals surface area contributed by atoms with Crippen molar-refractivity contribution in [1.29, 1.82) is 0 Å². The van der Waals surface area contributed by atoms with Crippen molar-refractivity contribution in [3.05, 3.63) is 12.2 Å². The van der Waals surface area contributed by atoms with Crippen molar-refractivity contribution in [2.75, 3.05) is 0 Å². The average Bonchev–Trinajstić information content (AvgIpc) is 2.85. The summed E-state index contributed by atoms with van der Waals surface area (Å²) in [6, 6.07) is 0. The second kappa shape index (κ2) is 11.4. The van der Waals surface area contributed by atoms with Crippen molar-refractivity contribution in [2.24, 2.45) is 0 Å². The van der Waals surface area contributed by atoms with E-state index in [1.165, 1.54) is 64.0 Å². The molecule has 5 nitrogen and oxygen atoms in total. The largest absolute Gasteiger partial charge is 0.455 e. The first-order valence-electron chi connectivity index (χ1n) is 9.73. The molecular formula is C20H34O5. The number of aliphatic hydroxyl groups is 2. The summed E-state index contributed by atoms with van der Waals surface area (Å²) in [5.41, 5.74) is -2.04. The zero-order valence-corrected chi connectivity index (χ0v) is 15.7. The second-order valence-electron chi connectivity index (χ2n) is 7.07. The first-order valence-corrected chi connectivity index (χ1v) is 9.73. The first-order chi connectivity index (χ1) is 11.9. The lowest BCUT2D eigenvalue weighted by molar-refractivity contribution is -0.174. The van der Waals surface area contributed by atoms with Crippen LogP contribution in [-0.2, 0) is 14.3 Å². The predicted octanol–water partition coefficient (Wildman–Crippen LogP) is 3.46. The highest BCUT2D eigenvalue weighted by atomic mass is 16.6. The number of unbranched alkanes of at least 4 members (excludes halogenated alkanes) is 9. The summed E-state index contributed by atoms with van der Waals surface area (Å²) in [6.45, 7) is 3.43. The van der Waals surface area contributed by atoms with Crippen LogP contribution in [0.1, 0.15) is 84.5 Å². The molecule has 0 aromatic carbocycles. The van der Waals surface area contributed by atoms with Gasteiger partial charge in [-0.15, -0.1) is 0 Å². The summed E-state index contributed by atoms with van der Waals surface area (Å²) in [4.78, 5) is 23.0. The molecule has 3 unspecified atom stereocenters. The maximum absolute atomic E-state index is 11.9. The van der Waals surface area contributed by atoms with E-state index in [1.54, 1.807) is 0 Å². The number of ketones is 1. The van der Waals surface area contributed by atoms with E-state index in [9.17, 15) is 19.8 Å². The molecule has 0 aromatic heterocycles. The van der Waals surface area contributed by atoms with Crippen molar-refractivity contribution >= 4 is 11.8 Å². The van der Waals surface area contributed by atoms with Gasteiger partial charge in [-0.2, -0.15) is 0 Å². The molecule has 5 heteroatoms. The smallest absolute Gasteiger partial charge is 0.303 e. The molecule has 0 saturated carbocycles. The highest BCUT2D eigenvalue weighted by Crippen LogP contribution is 2.30. The Morgan fingerprint density at radius 2 is 1.64 bits per heavy atom. The Morgan fingerprint density at radius 1 is 1.12 bits per heavy atom. The molecular weight excluding hydrogens is 320 g/mol. The summed E-state index contributed by atoms with van der Waals surface area (Å²) in [5, 5.41) is 20.8. The second-order valence-corrected chi connectivity index (χ2v) is 7.07. The zero-order valence-electron chi connectivity index (χ0n) is 15.7. The molecule has 0 aliphatic heterocycles. The third-order valence-electron chi connectivity index (χ3n) is 4.88. The topological polar surface area (TPSA) is 83.8 Å². The zero-order chi connectivity index (χ0) is 18.7. The average molecular weight is 354 g/mol. The Kier molecular flexibility index (Phi) is 9.98. The van der Waals surface area contributed by atoms with Gasteiger partial charge in [0, 0.05) is 6.92 Å². The summed E-state index contributed by atoms with van der Waals surface area (Å²) >= 11 is 0. The molecule has 0 radical (unpaired) electrons. The van der Waals surface area contributed by atoms with E-state index < -0.39 is 29.6 Å². The fourth-order valence-electron chi connectivity index (χ4n) is 3.30. The molecule has 0 spiro atoms. The van der Waals surface area contributed by atoms with Crippen molar-refractivity contribution < 1.29 is 24.5 Å². The summed E-state index contributed by atoms with van der Waals surface area (Å²) in [7, 11) is 0. The minimum atomic E-state index is -2.04. The van der Waals surface area contributed by atoms with Crippen LogP contribution >= 0.6 is 0 Å². The van der Waals surface area contributed by atoms with Gasteiger partial charge in [0.15, 0.2) is 17.5 Å². The fraction of sp³-hybridized carbons (Fsp3) is 0.800. The Labute approximate surface area is 151 Å². The van der Waals surface area contributed by atoms with E-state index in [1.807, 2.05) is 0 Å². The van der Waals surface area contributed by atoms with Gasteiger partial charge in [0.1, 0.15) is 0 Å². The molecule has 1 aliphatic rings. The first kappa shape index (κ1) is 21.8. The van der Waals surface area contributed by atoms with Crippen LogP contribution in [0.5, 0.6) is 0 Å². The van der Waals surface area contributed by atoms with Gasteiger partial charge in [0.25, 0.3) is 0 Å². The lowest BCUT2D eigenvalue weighted by atomic mass is 9.87. The standard InChI is InChI=1S/C20H34O5/c1-3-4-5-6-7-8-9-10-11-12-13-17(22)20(24)18(23)14-15-19(20)25-16(2)21/h14-15,17,19,22,24H,3-13H2,1-2H3. The Morgan fingerprint density at radius 3 is 2.16 bits per heavy atom. The van der Waals surface area contributed by atoms with Crippen LogP contribution in [0.4, 0.5) is 0 Å². The Hall–Kier alpha value is -1.20. The molecule has 0 amide bonds. The molecule has 3 atom stereocenters. The van der Waals surface area contributed by atoms with Gasteiger partial charge in [0.2, 0.25) is 0 Å². The van der Waals surface area contributed by atoms with Crippen molar-refractivity contribution in [3.8, 4) is 0 Å². The summed E-state index contributed by atoms with van der Waals surface area (Å²) in [5.74, 6) is -1.19. The molecule has 0 heterocycles. The SMILES string of the molecule is CCCCCCCCCCCCC(O)C1(O)C(=O)C=CC1OC(C)=O. The van der Waals surface area contributed by atoms with Gasteiger partial charge in [-0.1, -0.05) is 71.1 Å². The molecule has 1 rings (SSSR count). The molecule has 2 N–H and O–H groups in total. The Balaban J connectivity index is 2.21. The normalized spacial score (nSPS) is 23.8. The number of hydrogen-bond acceptors (Lipinski definition) is 5. The van der Waals surface area contributed by atoms with Crippen LogP contribution in [0, 0.1) is 0 Å². The molecule has 144 valence electrons. The van der Waals surface area contributed by atoms with Gasteiger partial charge in [-0.3, -0.25) is 9.59 Å². The lowest BCUT2D eigenvalue weighted by Crippen LogP contribution is -2.55. The van der Waals surface area contributed by atoms with Crippen molar-refractivity contribution in [3.63, 3.8) is 0 Å². The maximum atomic E-state index is 11.9. The molecule has 0 fully saturated rings. The van der Waals surface area contributed by atoms with E-state index in [2.05, 4.69) is 6.92 Å². The number of rotatable bonds is 13. The molecule has 1 aliphatic carbocycles. The number of esters is 1. The minimum Gasteiger partial charge on any atom is -0.455 e. The van der Waals surface area contributed by atoms with Gasteiger partial charge in [-0.25, -0.2) is 0 Å². The third-order valence-corrected chi connectivity index (χ3v) is 4.88. The van der Waals surface area contributed by atoms with Crippen molar-refractivity contribution in [2.45, 2.75) is 102 Å². The minimum absolute atomic E-state index is 0.318. The quantitative estimate of drug-likeness (QED) is 0.391. The Bertz CT molecular complexity index is 445. The highest BCUT2D eigenvalue weighted by molar-refractivity contribution is 6.01. The lowest BCUT2D eigenvalue weighted by Gasteiger charge is -2.32. The van der Waals surface area contributed by atoms with Crippen LogP contribution in [0.3, 0.4) is 0 Å². The van der Waals surface area contributed by atoms with E-state index in [4.69, 9.17) is 4.74 Å².